The SMILES string of the molecule is CSCCc1nc([C@@H]2CCOC2)n(C2CCN(C)CC2)n1. The third kappa shape index (κ3) is 3.60. The maximum absolute atomic E-state index is 5.57. The van der Waals surface area contributed by atoms with Crippen molar-refractivity contribution in [1.29, 1.82) is 0 Å². The molecule has 0 amide bonds. The minimum atomic E-state index is 0.445. The van der Waals surface area contributed by atoms with Gasteiger partial charge in [0.2, 0.25) is 0 Å². The van der Waals surface area contributed by atoms with Crippen LogP contribution in [-0.4, -0.2) is 65.0 Å². The van der Waals surface area contributed by atoms with E-state index >= 15 is 0 Å². The molecule has 0 N–H and O–H groups in total. The van der Waals surface area contributed by atoms with E-state index in [-0.39, 0.29) is 0 Å². The number of thioether (sulfide) groups is 1. The van der Waals surface area contributed by atoms with Crippen molar-refractivity contribution in [3.63, 3.8) is 0 Å². The van der Waals surface area contributed by atoms with Gasteiger partial charge in [0.1, 0.15) is 5.82 Å². The molecule has 0 aromatic carbocycles. The minimum Gasteiger partial charge on any atom is -0.381 e. The van der Waals surface area contributed by atoms with Gasteiger partial charge in [-0.15, -0.1) is 0 Å². The van der Waals surface area contributed by atoms with Crippen molar-refractivity contribution in [2.75, 3.05) is 45.4 Å². The van der Waals surface area contributed by atoms with E-state index < -0.39 is 0 Å². The summed E-state index contributed by atoms with van der Waals surface area (Å²) in [6.07, 6.45) is 6.57. The van der Waals surface area contributed by atoms with E-state index in [0.717, 1.165) is 50.7 Å². The zero-order chi connectivity index (χ0) is 14.7. The second-order valence-corrected chi connectivity index (χ2v) is 7.15. The number of piperidine rings is 1. The summed E-state index contributed by atoms with van der Waals surface area (Å²) in [7, 11) is 2.20. The van der Waals surface area contributed by atoms with Crippen LogP contribution in [-0.2, 0) is 11.2 Å². The van der Waals surface area contributed by atoms with Crippen molar-refractivity contribution in [2.45, 2.75) is 37.6 Å². The smallest absolute Gasteiger partial charge is 0.151 e. The maximum Gasteiger partial charge on any atom is 0.151 e. The Kier molecular flexibility index (Phi) is 5.19. The molecule has 0 aliphatic carbocycles. The quantitative estimate of drug-likeness (QED) is 0.832. The second-order valence-electron chi connectivity index (χ2n) is 6.17. The molecule has 3 rings (SSSR count). The fourth-order valence-corrected chi connectivity index (χ4v) is 3.59. The number of aryl methyl sites for hydroxylation is 1. The van der Waals surface area contributed by atoms with Crippen LogP contribution < -0.4 is 0 Å². The van der Waals surface area contributed by atoms with E-state index in [9.17, 15) is 0 Å². The highest BCUT2D eigenvalue weighted by molar-refractivity contribution is 7.98. The van der Waals surface area contributed by atoms with E-state index in [1.165, 1.54) is 18.7 Å². The van der Waals surface area contributed by atoms with Crippen molar-refractivity contribution in [3.05, 3.63) is 11.6 Å². The Morgan fingerprint density at radius 3 is 2.76 bits per heavy atom. The number of hydrogen-bond donors (Lipinski definition) is 0. The van der Waals surface area contributed by atoms with Gasteiger partial charge in [0.15, 0.2) is 5.82 Å². The highest BCUT2D eigenvalue weighted by Crippen LogP contribution is 2.29. The van der Waals surface area contributed by atoms with Gasteiger partial charge in [-0.05, 0) is 45.7 Å². The molecule has 2 aliphatic rings. The van der Waals surface area contributed by atoms with Gasteiger partial charge in [-0.3, -0.25) is 0 Å². The predicted octanol–water partition coefficient (Wildman–Crippen LogP) is 1.95. The first-order chi connectivity index (χ1) is 10.3. The molecule has 1 aromatic heterocycles. The van der Waals surface area contributed by atoms with Gasteiger partial charge in [0.05, 0.1) is 12.6 Å². The fourth-order valence-electron chi connectivity index (χ4n) is 3.21. The van der Waals surface area contributed by atoms with Crippen LogP contribution in [0.1, 0.15) is 42.9 Å². The van der Waals surface area contributed by atoms with Crippen molar-refractivity contribution < 1.29 is 4.74 Å². The molecule has 5 nitrogen and oxygen atoms in total. The Labute approximate surface area is 131 Å². The van der Waals surface area contributed by atoms with E-state index in [2.05, 4.69) is 22.9 Å². The van der Waals surface area contributed by atoms with Gasteiger partial charge in [0, 0.05) is 24.7 Å². The topological polar surface area (TPSA) is 43.2 Å². The van der Waals surface area contributed by atoms with Crippen LogP contribution in [0.5, 0.6) is 0 Å². The van der Waals surface area contributed by atoms with Crippen LogP contribution in [0.25, 0.3) is 0 Å². The average Bonchev–Trinajstić information content (AvgIpc) is 3.15. The molecular weight excluding hydrogens is 284 g/mol. The third-order valence-corrected chi connectivity index (χ3v) is 5.17. The summed E-state index contributed by atoms with van der Waals surface area (Å²) in [5.41, 5.74) is 0. The molecule has 0 unspecified atom stereocenters. The number of likely N-dealkylation sites (tertiary alicyclic amines) is 1. The minimum absolute atomic E-state index is 0.445. The second kappa shape index (κ2) is 7.11. The fraction of sp³-hybridized carbons (Fsp3) is 0.867. The lowest BCUT2D eigenvalue weighted by atomic mass is 10.0. The van der Waals surface area contributed by atoms with Crippen LogP contribution in [0.15, 0.2) is 0 Å². The number of rotatable bonds is 5. The maximum atomic E-state index is 5.57. The zero-order valence-electron chi connectivity index (χ0n) is 13.1. The normalized spacial score (nSPS) is 24.8. The summed E-state index contributed by atoms with van der Waals surface area (Å²) in [4.78, 5) is 7.27. The number of hydrogen-bond acceptors (Lipinski definition) is 5. The lowest BCUT2D eigenvalue weighted by Gasteiger charge is -2.30. The van der Waals surface area contributed by atoms with Gasteiger partial charge in [-0.25, -0.2) is 9.67 Å². The van der Waals surface area contributed by atoms with Crippen LogP contribution in [0.3, 0.4) is 0 Å². The molecule has 0 bridgehead atoms. The number of nitrogens with zero attached hydrogens (tertiary/aromatic N) is 4. The molecule has 21 heavy (non-hydrogen) atoms. The third-order valence-electron chi connectivity index (χ3n) is 4.56. The predicted molar refractivity (Wildman–Crippen MR) is 86.1 cm³/mol. The molecule has 1 atom stereocenters. The van der Waals surface area contributed by atoms with E-state index in [1.807, 2.05) is 11.8 Å². The van der Waals surface area contributed by atoms with Crippen molar-refractivity contribution in [2.24, 2.45) is 0 Å². The molecule has 2 saturated heterocycles. The molecule has 0 radical (unpaired) electrons. The molecule has 118 valence electrons. The molecule has 0 saturated carbocycles. The van der Waals surface area contributed by atoms with E-state index in [1.54, 1.807) is 0 Å². The Morgan fingerprint density at radius 1 is 1.29 bits per heavy atom. The van der Waals surface area contributed by atoms with Crippen LogP contribution in [0.4, 0.5) is 0 Å². The van der Waals surface area contributed by atoms with Gasteiger partial charge in [-0.2, -0.15) is 16.9 Å². The van der Waals surface area contributed by atoms with Gasteiger partial charge < -0.3 is 9.64 Å². The highest BCUT2D eigenvalue weighted by atomic mass is 32.2. The summed E-state index contributed by atoms with van der Waals surface area (Å²) >= 11 is 1.86. The molecular formula is C15H26N4OS. The van der Waals surface area contributed by atoms with Crippen molar-refractivity contribution >= 4 is 11.8 Å². The Morgan fingerprint density at radius 2 is 2.10 bits per heavy atom. The summed E-state index contributed by atoms with van der Waals surface area (Å²) < 4.78 is 7.82. The zero-order valence-corrected chi connectivity index (χ0v) is 13.9. The molecule has 0 spiro atoms. The molecule has 6 heteroatoms. The van der Waals surface area contributed by atoms with Crippen molar-refractivity contribution in [3.8, 4) is 0 Å². The van der Waals surface area contributed by atoms with Gasteiger partial charge >= 0.3 is 0 Å². The molecule has 1 aromatic rings. The first-order valence-electron chi connectivity index (χ1n) is 7.98. The lowest BCUT2D eigenvalue weighted by molar-refractivity contribution is 0.188. The first kappa shape index (κ1) is 15.3. The van der Waals surface area contributed by atoms with Crippen LogP contribution >= 0.6 is 11.8 Å². The Balaban J connectivity index is 1.80. The van der Waals surface area contributed by atoms with Crippen LogP contribution in [0.2, 0.25) is 0 Å². The largest absolute Gasteiger partial charge is 0.381 e. The molecule has 2 fully saturated rings. The van der Waals surface area contributed by atoms with E-state index in [0.29, 0.717) is 12.0 Å². The average molecular weight is 310 g/mol. The Bertz CT molecular complexity index is 451. The summed E-state index contributed by atoms with van der Waals surface area (Å²) in [6.45, 7) is 3.99. The first-order valence-corrected chi connectivity index (χ1v) is 9.38. The lowest BCUT2D eigenvalue weighted by Crippen LogP contribution is -2.32. The van der Waals surface area contributed by atoms with Crippen LogP contribution in [0, 0.1) is 0 Å². The van der Waals surface area contributed by atoms with Gasteiger partial charge in [0.25, 0.3) is 0 Å². The summed E-state index contributed by atoms with van der Waals surface area (Å²) in [5, 5.41) is 4.86. The summed E-state index contributed by atoms with van der Waals surface area (Å²) in [6, 6.07) is 0.521. The number of aromatic nitrogens is 3. The number of ether oxygens (including phenoxy) is 1. The Hall–Kier alpha value is -0.590. The molecule has 2 aliphatic heterocycles. The van der Waals surface area contributed by atoms with Crippen molar-refractivity contribution in [1.82, 2.24) is 19.7 Å². The highest BCUT2D eigenvalue weighted by Gasteiger charge is 2.29. The molecule has 3 heterocycles. The standard InChI is InChI=1S/C15H26N4OS/c1-18-7-3-13(4-8-18)19-15(12-5-9-20-11-12)16-14(17-19)6-10-21-2/h12-13H,3-11H2,1-2H3/t12-/m1/s1. The summed E-state index contributed by atoms with van der Waals surface area (Å²) in [5.74, 6) is 3.74. The monoisotopic (exact) mass is 310 g/mol. The van der Waals surface area contributed by atoms with E-state index in [4.69, 9.17) is 14.8 Å². The van der Waals surface area contributed by atoms with Gasteiger partial charge in [-0.1, -0.05) is 0 Å².